The summed E-state index contributed by atoms with van der Waals surface area (Å²) in [7, 11) is 0. The number of nitrogens with two attached hydrogens (primary N) is 1. The molecule has 1 atom stereocenters. The number of hydrogen-bond acceptors (Lipinski definition) is 4. The molecule has 0 aromatic heterocycles. The normalized spacial score (nSPS) is 18.2. The number of anilines is 1. The van der Waals surface area contributed by atoms with Gasteiger partial charge < -0.3 is 16.0 Å². The second-order valence-corrected chi connectivity index (χ2v) is 5.93. The average Bonchev–Trinajstić information content (AvgIpc) is 2.80. The maximum Gasteiger partial charge on any atom is 0.248 e. The third-order valence-electron chi connectivity index (χ3n) is 4.43. The fourth-order valence-corrected chi connectivity index (χ4v) is 2.82. The fourth-order valence-electron chi connectivity index (χ4n) is 2.82. The smallest absolute Gasteiger partial charge is 0.248 e. The first-order chi connectivity index (χ1) is 11.0. The number of amides is 2. The molecular weight excluding hydrogens is 292 g/mol. The summed E-state index contributed by atoms with van der Waals surface area (Å²) in [5.41, 5.74) is 6.32. The summed E-state index contributed by atoms with van der Waals surface area (Å²) in [6.07, 6.45) is 1.08. The third kappa shape index (κ3) is 4.77. The topological polar surface area (TPSA) is 78.7 Å². The van der Waals surface area contributed by atoms with E-state index in [4.69, 9.17) is 5.73 Å². The van der Waals surface area contributed by atoms with Crippen LogP contribution in [-0.4, -0.2) is 60.4 Å². The van der Waals surface area contributed by atoms with Crippen molar-refractivity contribution in [2.75, 3.05) is 38.0 Å². The van der Waals surface area contributed by atoms with Gasteiger partial charge in [0.15, 0.2) is 0 Å². The van der Waals surface area contributed by atoms with Crippen LogP contribution in [0.1, 0.15) is 30.6 Å². The van der Waals surface area contributed by atoms with Crippen molar-refractivity contribution in [3.63, 3.8) is 0 Å². The van der Waals surface area contributed by atoms with Gasteiger partial charge in [0.1, 0.15) is 0 Å². The van der Waals surface area contributed by atoms with Crippen LogP contribution in [0.4, 0.5) is 5.69 Å². The van der Waals surface area contributed by atoms with Crippen LogP contribution in [0.2, 0.25) is 0 Å². The first kappa shape index (κ1) is 17.4. The predicted molar refractivity (Wildman–Crippen MR) is 91.4 cm³/mol. The quantitative estimate of drug-likeness (QED) is 0.853. The number of nitrogens with zero attached hydrogens (tertiary/aromatic N) is 2. The molecule has 6 heteroatoms. The molecule has 0 aliphatic carbocycles. The van der Waals surface area contributed by atoms with Crippen molar-refractivity contribution in [2.45, 2.75) is 26.3 Å². The second kappa shape index (κ2) is 8.08. The molecular formula is C17H26N4O2. The molecule has 0 spiro atoms. The van der Waals surface area contributed by atoms with Gasteiger partial charge in [-0.15, -0.1) is 0 Å². The van der Waals surface area contributed by atoms with Crippen LogP contribution in [0, 0.1) is 0 Å². The van der Waals surface area contributed by atoms with E-state index < -0.39 is 5.91 Å². The lowest BCUT2D eigenvalue weighted by molar-refractivity contribution is -0.120. The van der Waals surface area contributed by atoms with E-state index >= 15 is 0 Å². The molecule has 1 fully saturated rings. The molecule has 0 bridgehead atoms. The number of likely N-dealkylation sites (N-methyl/N-ethyl adjacent to an activating group) is 1. The van der Waals surface area contributed by atoms with Crippen LogP contribution < -0.4 is 11.1 Å². The van der Waals surface area contributed by atoms with E-state index in [1.54, 1.807) is 24.3 Å². The number of hydrogen-bond donors (Lipinski definition) is 2. The van der Waals surface area contributed by atoms with E-state index in [-0.39, 0.29) is 11.9 Å². The van der Waals surface area contributed by atoms with Crippen molar-refractivity contribution in [3.05, 3.63) is 29.8 Å². The van der Waals surface area contributed by atoms with Crippen molar-refractivity contribution >= 4 is 17.5 Å². The standard InChI is InChI=1S/C17H26N4O2/c1-3-20-9-4-10-21(12-11-20)13(2)17(23)19-15-7-5-14(6-8-15)16(18)22/h5-8,13H,3-4,9-12H2,1-2H3,(H2,18,22)(H,19,23). The monoisotopic (exact) mass is 318 g/mol. The molecule has 6 nitrogen and oxygen atoms in total. The van der Waals surface area contributed by atoms with E-state index in [9.17, 15) is 9.59 Å². The maximum absolute atomic E-state index is 12.4. The van der Waals surface area contributed by atoms with Gasteiger partial charge in [0.25, 0.3) is 0 Å². The van der Waals surface area contributed by atoms with Crippen LogP contribution in [0.15, 0.2) is 24.3 Å². The molecule has 126 valence electrons. The molecule has 2 amide bonds. The fraction of sp³-hybridized carbons (Fsp3) is 0.529. The van der Waals surface area contributed by atoms with Crippen molar-refractivity contribution < 1.29 is 9.59 Å². The largest absolute Gasteiger partial charge is 0.366 e. The Kier molecular flexibility index (Phi) is 6.12. The molecule has 1 aliphatic rings. The van der Waals surface area contributed by atoms with Crippen molar-refractivity contribution in [1.82, 2.24) is 9.80 Å². The molecule has 23 heavy (non-hydrogen) atoms. The van der Waals surface area contributed by atoms with Crippen LogP contribution in [0.25, 0.3) is 0 Å². The van der Waals surface area contributed by atoms with Gasteiger partial charge in [-0.05, 0) is 50.7 Å². The number of nitrogens with one attached hydrogen (secondary N) is 1. The van der Waals surface area contributed by atoms with E-state index in [2.05, 4.69) is 22.0 Å². The SMILES string of the molecule is CCN1CCCN(C(C)C(=O)Nc2ccc(C(N)=O)cc2)CC1. The Bertz CT molecular complexity index is 544. The number of carbonyl (C=O) groups excluding carboxylic acids is 2. The zero-order valence-corrected chi connectivity index (χ0v) is 13.9. The average molecular weight is 318 g/mol. The van der Waals surface area contributed by atoms with Gasteiger partial charge >= 0.3 is 0 Å². The van der Waals surface area contributed by atoms with Gasteiger partial charge in [-0.3, -0.25) is 14.5 Å². The van der Waals surface area contributed by atoms with Crippen molar-refractivity contribution in [1.29, 1.82) is 0 Å². The molecule has 0 saturated carbocycles. The van der Waals surface area contributed by atoms with E-state index in [1.165, 1.54) is 0 Å². The molecule has 0 radical (unpaired) electrons. The number of benzene rings is 1. The zero-order valence-electron chi connectivity index (χ0n) is 13.9. The van der Waals surface area contributed by atoms with Gasteiger partial charge in [0, 0.05) is 30.9 Å². The minimum atomic E-state index is -0.471. The van der Waals surface area contributed by atoms with Crippen LogP contribution in [-0.2, 0) is 4.79 Å². The summed E-state index contributed by atoms with van der Waals surface area (Å²) in [6.45, 7) is 9.10. The minimum absolute atomic E-state index is 0.0261. The Morgan fingerprint density at radius 2 is 1.87 bits per heavy atom. The van der Waals surface area contributed by atoms with E-state index in [0.717, 1.165) is 39.1 Å². The molecule has 3 N–H and O–H groups in total. The molecule has 1 unspecified atom stereocenters. The molecule has 1 aliphatic heterocycles. The van der Waals surface area contributed by atoms with Gasteiger partial charge in [-0.2, -0.15) is 0 Å². The highest BCUT2D eigenvalue weighted by atomic mass is 16.2. The number of primary amides is 1. The molecule has 2 rings (SSSR count). The lowest BCUT2D eigenvalue weighted by Crippen LogP contribution is -2.43. The minimum Gasteiger partial charge on any atom is -0.366 e. The van der Waals surface area contributed by atoms with Crippen molar-refractivity contribution in [2.24, 2.45) is 5.73 Å². The second-order valence-electron chi connectivity index (χ2n) is 5.93. The summed E-state index contributed by atoms with van der Waals surface area (Å²) in [5.74, 6) is -0.497. The Balaban J connectivity index is 1.92. The highest BCUT2D eigenvalue weighted by molar-refractivity contribution is 5.96. The summed E-state index contributed by atoms with van der Waals surface area (Å²) in [5, 5.41) is 2.90. The van der Waals surface area contributed by atoms with Gasteiger partial charge in [-0.1, -0.05) is 6.92 Å². The highest BCUT2D eigenvalue weighted by Gasteiger charge is 2.23. The maximum atomic E-state index is 12.4. The van der Waals surface area contributed by atoms with E-state index in [1.807, 2.05) is 6.92 Å². The summed E-state index contributed by atoms with van der Waals surface area (Å²) < 4.78 is 0. The molecule has 1 aromatic carbocycles. The lowest BCUT2D eigenvalue weighted by atomic mass is 10.2. The summed E-state index contributed by atoms with van der Waals surface area (Å²) in [4.78, 5) is 28.1. The van der Waals surface area contributed by atoms with E-state index in [0.29, 0.717) is 11.3 Å². The van der Waals surface area contributed by atoms with Crippen LogP contribution in [0.3, 0.4) is 0 Å². The highest BCUT2D eigenvalue weighted by Crippen LogP contribution is 2.12. The van der Waals surface area contributed by atoms with Crippen LogP contribution in [0.5, 0.6) is 0 Å². The first-order valence-electron chi connectivity index (χ1n) is 8.18. The van der Waals surface area contributed by atoms with Crippen LogP contribution >= 0.6 is 0 Å². The Labute approximate surface area is 137 Å². The third-order valence-corrected chi connectivity index (χ3v) is 4.43. The first-order valence-corrected chi connectivity index (χ1v) is 8.18. The summed E-state index contributed by atoms with van der Waals surface area (Å²) in [6, 6.07) is 6.46. The molecule has 1 heterocycles. The van der Waals surface area contributed by atoms with Gasteiger partial charge in [-0.25, -0.2) is 0 Å². The number of rotatable bonds is 5. The zero-order chi connectivity index (χ0) is 16.8. The Morgan fingerprint density at radius 3 is 2.48 bits per heavy atom. The van der Waals surface area contributed by atoms with Crippen molar-refractivity contribution in [3.8, 4) is 0 Å². The molecule has 1 saturated heterocycles. The summed E-state index contributed by atoms with van der Waals surface area (Å²) >= 11 is 0. The predicted octanol–water partition coefficient (Wildman–Crippen LogP) is 1.14. The molecule has 1 aromatic rings. The Hall–Kier alpha value is -1.92. The van der Waals surface area contributed by atoms with Gasteiger partial charge in [0.2, 0.25) is 11.8 Å². The lowest BCUT2D eigenvalue weighted by Gasteiger charge is -2.26. The number of carbonyl (C=O) groups is 2. The Morgan fingerprint density at radius 1 is 1.17 bits per heavy atom. The van der Waals surface area contributed by atoms with Gasteiger partial charge in [0.05, 0.1) is 6.04 Å².